The van der Waals surface area contributed by atoms with Crippen LogP contribution < -0.4 is 5.32 Å². The van der Waals surface area contributed by atoms with E-state index in [9.17, 15) is 10.2 Å². The minimum atomic E-state index is -0.420. The molecular weight excluding hydrogens is 286 g/mol. The number of aliphatic hydroxyl groups is 2. The molecule has 1 aromatic carbocycles. The Bertz CT molecular complexity index is 432. The Balaban J connectivity index is 1.67. The van der Waals surface area contributed by atoms with Crippen LogP contribution in [-0.4, -0.2) is 35.0 Å². The Morgan fingerprint density at radius 3 is 2.35 bits per heavy atom. The first kappa shape index (κ1) is 18.4. The quantitative estimate of drug-likeness (QED) is 0.580. The lowest BCUT2D eigenvalue weighted by Gasteiger charge is -2.18. The molecule has 1 fully saturated rings. The van der Waals surface area contributed by atoms with Gasteiger partial charge in [0.15, 0.2) is 0 Å². The SMILES string of the molecule is CCCCCCCCc1ccc(CC(O)[C@H]2C[C@H](O)CN2)cc1. The molecule has 130 valence electrons. The number of aryl methyl sites for hydroxylation is 1. The fraction of sp³-hybridized carbons (Fsp3) is 0.700. The van der Waals surface area contributed by atoms with Crippen LogP contribution in [-0.2, 0) is 12.8 Å². The van der Waals surface area contributed by atoms with Crippen molar-refractivity contribution < 1.29 is 10.2 Å². The fourth-order valence-corrected chi connectivity index (χ4v) is 3.38. The highest BCUT2D eigenvalue weighted by Crippen LogP contribution is 2.16. The number of unbranched alkanes of at least 4 members (excludes halogenated alkanes) is 5. The van der Waals surface area contributed by atoms with Gasteiger partial charge in [0.1, 0.15) is 0 Å². The number of aliphatic hydroxyl groups excluding tert-OH is 2. The molecule has 1 aromatic rings. The number of benzene rings is 1. The minimum Gasteiger partial charge on any atom is -0.392 e. The van der Waals surface area contributed by atoms with E-state index >= 15 is 0 Å². The summed E-state index contributed by atoms with van der Waals surface area (Å²) in [6.45, 7) is 2.85. The summed E-state index contributed by atoms with van der Waals surface area (Å²) in [4.78, 5) is 0. The van der Waals surface area contributed by atoms with E-state index in [1.165, 1.54) is 49.7 Å². The topological polar surface area (TPSA) is 52.5 Å². The van der Waals surface area contributed by atoms with Crippen molar-refractivity contribution in [2.24, 2.45) is 0 Å². The van der Waals surface area contributed by atoms with E-state index in [1.807, 2.05) is 0 Å². The van der Waals surface area contributed by atoms with Gasteiger partial charge in [0.2, 0.25) is 0 Å². The largest absolute Gasteiger partial charge is 0.392 e. The summed E-state index contributed by atoms with van der Waals surface area (Å²) in [7, 11) is 0. The summed E-state index contributed by atoms with van der Waals surface area (Å²) >= 11 is 0. The van der Waals surface area contributed by atoms with Crippen molar-refractivity contribution in [3.8, 4) is 0 Å². The first-order chi connectivity index (χ1) is 11.2. The third kappa shape index (κ3) is 6.62. The third-order valence-electron chi connectivity index (χ3n) is 4.89. The molecule has 0 saturated carbocycles. The molecule has 0 bridgehead atoms. The normalized spacial score (nSPS) is 22.4. The van der Waals surface area contributed by atoms with E-state index in [4.69, 9.17) is 0 Å². The smallest absolute Gasteiger partial charge is 0.0734 e. The van der Waals surface area contributed by atoms with Gasteiger partial charge in [-0.2, -0.15) is 0 Å². The number of hydrogen-bond donors (Lipinski definition) is 3. The molecule has 1 saturated heterocycles. The van der Waals surface area contributed by atoms with Gasteiger partial charge in [-0.1, -0.05) is 63.3 Å². The zero-order chi connectivity index (χ0) is 16.5. The van der Waals surface area contributed by atoms with Crippen molar-refractivity contribution >= 4 is 0 Å². The van der Waals surface area contributed by atoms with Crippen LogP contribution in [0, 0.1) is 0 Å². The second kappa shape index (κ2) is 10.1. The van der Waals surface area contributed by atoms with Gasteiger partial charge in [0, 0.05) is 12.6 Å². The van der Waals surface area contributed by atoms with E-state index in [0.29, 0.717) is 19.4 Å². The van der Waals surface area contributed by atoms with E-state index in [0.717, 1.165) is 6.42 Å². The third-order valence-corrected chi connectivity index (χ3v) is 4.89. The molecule has 1 unspecified atom stereocenters. The summed E-state index contributed by atoms with van der Waals surface area (Å²) < 4.78 is 0. The summed E-state index contributed by atoms with van der Waals surface area (Å²) in [5, 5.41) is 23.0. The first-order valence-electron chi connectivity index (χ1n) is 9.36. The van der Waals surface area contributed by atoms with Crippen LogP contribution in [0.5, 0.6) is 0 Å². The maximum Gasteiger partial charge on any atom is 0.0734 e. The Kier molecular flexibility index (Phi) is 8.07. The molecule has 3 N–H and O–H groups in total. The van der Waals surface area contributed by atoms with E-state index in [2.05, 4.69) is 36.5 Å². The van der Waals surface area contributed by atoms with Gasteiger partial charge < -0.3 is 15.5 Å². The molecule has 1 aliphatic rings. The minimum absolute atomic E-state index is 0.0211. The molecular formula is C20H33NO2. The number of β-amino-alcohol motifs (C(OH)–C–C–N with tert-alkyl or cyclic N) is 1. The molecule has 0 aromatic heterocycles. The molecule has 1 heterocycles. The maximum absolute atomic E-state index is 10.3. The molecule has 0 aliphatic carbocycles. The van der Waals surface area contributed by atoms with Gasteiger partial charge in [-0.25, -0.2) is 0 Å². The molecule has 2 rings (SSSR count). The summed E-state index contributed by atoms with van der Waals surface area (Å²) in [5.41, 5.74) is 2.57. The number of nitrogens with one attached hydrogen (secondary N) is 1. The van der Waals surface area contributed by atoms with Crippen LogP contribution in [0.3, 0.4) is 0 Å². The van der Waals surface area contributed by atoms with Gasteiger partial charge in [-0.3, -0.25) is 0 Å². The Morgan fingerprint density at radius 1 is 1.04 bits per heavy atom. The first-order valence-corrected chi connectivity index (χ1v) is 9.36. The summed E-state index contributed by atoms with van der Waals surface area (Å²) in [5.74, 6) is 0. The van der Waals surface area contributed by atoms with Crippen LogP contribution in [0.2, 0.25) is 0 Å². The van der Waals surface area contributed by atoms with E-state index < -0.39 is 6.10 Å². The van der Waals surface area contributed by atoms with Gasteiger partial charge >= 0.3 is 0 Å². The maximum atomic E-state index is 10.3. The predicted molar refractivity (Wildman–Crippen MR) is 95.6 cm³/mol. The number of rotatable bonds is 10. The second-order valence-corrected chi connectivity index (χ2v) is 7.01. The van der Waals surface area contributed by atoms with Crippen molar-refractivity contribution in [3.63, 3.8) is 0 Å². The summed E-state index contributed by atoms with van der Waals surface area (Å²) in [6.07, 6.45) is 9.74. The van der Waals surface area contributed by atoms with Crippen molar-refractivity contribution in [3.05, 3.63) is 35.4 Å². The Morgan fingerprint density at radius 2 is 1.70 bits per heavy atom. The van der Waals surface area contributed by atoms with Crippen molar-refractivity contribution in [2.45, 2.75) is 83.0 Å². The lowest BCUT2D eigenvalue weighted by molar-refractivity contribution is 0.124. The number of hydrogen-bond acceptors (Lipinski definition) is 3. The fourth-order valence-electron chi connectivity index (χ4n) is 3.38. The lowest BCUT2D eigenvalue weighted by Crippen LogP contribution is -2.36. The highest BCUT2D eigenvalue weighted by molar-refractivity contribution is 5.23. The zero-order valence-corrected chi connectivity index (χ0v) is 14.5. The molecule has 0 spiro atoms. The molecule has 0 amide bonds. The van der Waals surface area contributed by atoms with Crippen molar-refractivity contribution in [1.82, 2.24) is 5.32 Å². The van der Waals surface area contributed by atoms with Gasteiger partial charge in [-0.15, -0.1) is 0 Å². The zero-order valence-electron chi connectivity index (χ0n) is 14.5. The predicted octanol–water partition coefficient (Wildman–Crippen LogP) is 3.22. The Hall–Kier alpha value is -0.900. The molecule has 0 radical (unpaired) electrons. The second-order valence-electron chi connectivity index (χ2n) is 7.01. The van der Waals surface area contributed by atoms with Crippen LogP contribution in [0.25, 0.3) is 0 Å². The van der Waals surface area contributed by atoms with Crippen LogP contribution in [0.15, 0.2) is 24.3 Å². The standard InChI is InChI=1S/C20H33NO2/c1-2-3-4-5-6-7-8-16-9-11-17(12-10-16)13-20(23)19-14-18(22)15-21-19/h9-12,18-23H,2-8,13-15H2,1H3/t18-,19+,20?/m0/s1. The molecule has 23 heavy (non-hydrogen) atoms. The average molecular weight is 319 g/mol. The van der Waals surface area contributed by atoms with Crippen LogP contribution in [0.4, 0.5) is 0 Å². The van der Waals surface area contributed by atoms with Gasteiger partial charge in [0.25, 0.3) is 0 Å². The molecule has 3 atom stereocenters. The van der Waals surface area contributed by atoms with Gasteiger partial charge in [-0.05, 0) is 36.8 Å². The average Bonchev–Trinajstić information content (AvgIpc) is 2.99. The van der Waals surface area contributed by atoms with Gasteiger partial charge in [0.05, 0.1) is 12.2 Å². The van der Waals surface area contributed by atoms with Crippen LogP contribution in [0.1, 0.15) is 63.0 Å². The van der Waals surface area contributed by atoms with E-state index in [-0.39, 0.29) is 12.1 Å². The van der Waals surface area contributed by atoms with Crippen molar-refractivity contribution in [2.75, 3.05) is 6.54 Å². The lowest BCUT2D eigenvalue weighted by atomic mass is 9.98. The molecule has 3 heteroatoms. The molecule has 1 aliphatic heterocycles. The van der Waals surface area contributed by atoms with E-state index in [1.54, 1.807) is 0 Å². The highest BCUT2D eigenvalue weighted by atomic mass is 16.3. The monoisotopic (exact) mass is 319 g/mol. The van der Waals surface area contributed by atoms with Crippen molar-refractivity contribution in [1.29, 1.82) is 0 Å². The van der Waals surface area contributed by atoms with Crippen LogP contribution >= 0.6 is 0 Å². The highest BCUT2D eigenvalue weighted by Gasteiger charge is 2.27. The molecule has 3 nitrogen and oxygen atoms in total. The Labute approximate surface area is 141 Å². The summed E-state index contributed by atoms with van der Waals surface area (Å²) in [6, 6.07) is 8.70.